The number of amides is 1. The zero-order chi connectivity index (χ0) is 19.7. The molecule has 0 aliphatic carbocycles. The molecule has 1 atom stereocenters. The molecule has 1 N–H and O–H groups in total. The van der Waals surface area contributed by atoms with E-state index in [-0.39, 0.29) is 31.0 Å². The summed E-state index contributed by atoms with van der Waals surface area (Å²) < 4.78 is 14.8. The Hall–Kier alpha value is -3.55. The largest absolute Gasteiger partial charge is 0.480 e. The first kappa shape index (κ1) is 17.8. The molecule has 0 radical (unpaired) electrons. The highest BCUT2D eigenvalue weighted by Gasteiger charge is 2.35. The second-order valence-electron chi connectivity index (χ2n) is 6.69. The minimum atomic E-state index is -1.06. The number of halogens is 1. The molecule has 142 valence electrons. The average Bonchev–Trinajstić information content (AvgIpc) is 3.14. The van der Waals surface area contributed by atoms with Gasteiger partial charge in [0.15, 0.2) is 5.69 Å². The van der Waals surface area contributed by atoms with Crippen molar-refractivity contribution in [1.82, 2.24) is 19.9 Å². The van der Waals surface area contributed by atoms with Gasteiger partial charge in [0.1, 0.15) is 11.9 Å². The van der Waals surface area contributed by atoms with Gasteiger partial charge >= 0.3 is 5.97 Å². The van der Waals surface area contributed by atoms with E-state index in [9.17, 15) is 19.1 Å². The van der Waals surface area contributed by atoms with Crippen LogP contribution in [-0.4, -0.2) is 42.9 Å². The van der Waals surface area contributed by atoms with Crippen molar-refractivity contribution < 1.29 is 19.1 Å². The Kier molecular flexibility index (Phi) is 4.60. The van der Waals surface area contributed by atoms with Gasteiger partial charge in [0.25, 0.3) is 5.91 Å². The molecule has 0 saturated carbocycles. The SMILES string of the molecule is O=C(O)C1Cc2ccccc2CN1C(=O)c1cn(Cc2cccc(F)c2)nn1. The Labute approximate surface area is 160 Å². The molecule has 4 rings (SSSR count). The van der Waals surface area contributed by atoms with Gasteiger partial charge in [-0.2, -0.15) is 0 Å². The lowest BCUT2D eigenvalue weighted by Gasteiger charge is -2.33. The molecular formula is C20H17FN4O3. The highest BCUT2D eigenvalue weighted by atomic mass is 19.1. The lowest BCUT2D eigenvalue weighted by Crippen LogP contribution is -2.48. The molecule has 28 heavy (non-hydrogen) atoms. The van der Waals surface area contributed by atoms with Crippen LogP contribution in [0.3, 0.4) is 0 Å². The highest BCUT2D eigenvalue weighted by Crippen LogP contribution is 2.24. The number of carboxylic acids is 1. The highest BCUT2D eigenvalue weighted by molar-refractivity contribution is 5.95. The lowest BCUT2D eigenvalue weighted by molar-refractivity contribution is -0.142. The third kappa shape index (κ3) is 3.48. The third-order valence-corrected chi connectivity index (χ3v) is 4.79. The van der Waals surface area contributed by atoms with Crippen molar-refractivity contribution in [1.29, 1.82) is 0 Å². The van der Waals surface area contributed by atoms with E-state index in [1.54, 1.807) is 12.1 Å². The first-order valence-corrected chi connectivity index (χ1v) is 8.76. The van der Waals surface area contributed by atoms with Crippen LogP contribution in [-0.2, 0) is 24.3 Å². The normalized spacial score (nSPS) is 15.9. The van der Waals surface area contributed by atoms with E-state index < -0.39 is 17.9 Å². The molecule has 8 heteroatoms. The number of carbonyl (C=O) groups excluding carboxylic acids is 1. The van der Waals surface area contributed by atoms with Gasteiger partial charge in [-0.25, -0.2) is 13.9 Å². The quantitative estimate of drug-likeness (QED) is 0.749. The molecule has 1 unspecified atom stereocenters. The number of aliphatic carboxylic acids is 1. The summed E-state index contributed by atoms with van der Waals surface area (Å²) in [5.74, 6) is -1.91. The fourth-order valence-electron chi connectivity index (χ4n) is 3.40. The maximum atomic E-state index is 13.3. The van der Waals surface area contributed by atoms with E-state index in [1.807, 2.05) is 24.3 Å². The predicted octanol–water partition coefficient (Wildman–Crippen LogP) is 2.12. The zero-order valence-electron chi connectivity index (χ0n) is 14.8. The number of fused-ring (bicyclic) bond motifs is 1. The maximum Gasteiger partial charge on any atom is 0.326 e. The van der Waals surface area contributed by atoms with E-state index in [0.29, 0.717) is 5.56 Å². The fourth-order valence-corrected chi connectivity index (χ4v) is 3.40. The van der Waals surface area contributed by atoms with Gasteiger partial charge in [0, 0.05) is 13.0 Å². The summed E-state index contributed by atoms with van der Waals surface area (Å²) in [5, 5.41) is 17.4. The minimum absolute atomic E-state index is 0.0574. The number of hydrogen-bond acceptors (Lipinski definition) is 4. The van der Waals surface area contributed by atoms with Gasteiger partial charge in [-0.3, -0.25) is 4.79 Å². The van der Waals surface area contributed by atoms with Crippen LogP contribution in [0.2, 0.25) is 0 Å². The zero-order valence-corrected chi connectivity index (χ0v) is 14.8. The summed E-state index contributed by atoms with van der Waals surface area (Å²) >= 11 is 0. The Morgan fingerprint density at radius 2 is 1.93 bits per heavy atom. The maximum absolute atomic E-state index is 13.3. The van der Waals surface area contributed by atoms with Crippen LogP contribution in [0.25, 0.3) is 0 Å². The molecule has 1 aromatic heterocycles. The monoisotopic (exact) mass is 380 g/mol. The molecule has 3 aromatic rings. The fraction of sp³-hybridized carbons (Fsp3) is 0.200. The number of aromatic nitrogens is 3. The molecule has 1 amide bonds. The van der Waals surface area contributed by atoms with Gasteiger partial charge < -0.3 is 10.0 Å². The summed E-state index contributed by atoms with van der Waals surface area (Å²) in [6, 6.07) is 12.6. The second-order valence-corrected chi connectivity index (χ2v) is 6.69. The van der Waals surface area contributed by atoms with Crippen molar-refractivity contribution >= 4 is 11.9 Å². The molecule has 0 fully saturated rings. The van der Waals surface area contributed by atoms with Crippen molar-refractivity contribution in [2.45, 2.75) is 25.6 Å². The van der Waals surface area contributed by atoms with Crippen LogP contribution in [0.5, 0.6) is 0 Å². The van der Waals surface area contributed by atoms with Crippen molar-refractivity contribution in [2.75, 3.05) is 0 Å². The number of rotatable bonds is 4. The molecule has 2 aromatic carbocycles. The van der Waals surface area contributed by atoms with Crippen LogP contribution < -0.4 is 0 Å². The Bertz CT molecular complexity index is 1050. The van der Waals surface area contributed by atoms with Crippen LogP contribution >= 0.6 is 0 Å². The molecule has 0 spiro atoms. The number of benzene rings is 2. The average molecular weight is 380 g/mol. The van der Waals surface area contributed by atoms with Crippen molar-refractivity contribution in [3.8, 4) is 0 Å². The van der Waals surface area contributed by atoms with Crippen molar-refractivity contribution in [2.24, 2.45) is 0 Å². The standard InChI is InChI=1S/C20H17FN4O3/c21-16-7-3-4-13(8-16)10-24-12-17(22-23-24)19(26)25-11-15-6-2-1-5-14(15)9-18(25)20(27)28/h1-8,12,18H,9-11H2,(H,27,28). The first-order valence-electron chi connectivity index (χ1n) is 8.76. The number of carboxylic acid groups (broad SMARTS) is 1. The topological polar surface area (TPSA) is 88.3 Å². The molecule has 1 aliphatic heterocycles. The van der Waals surface area contributed by atoms with Crippen LogP contribution in [0.15, 0.2) is 54.7 Å². The van der Waals surface area contributed by atoms with E-state index in [4.69, 9.17) is 0 Å². The molecule has 2 heterocycles. The molecule has 7 nitrogen and oxygen atoms in total. The van der Waals surface area contributed by atoms with E-state index in [1.165, 1.54) is 27.9 Å². The third-order valence-electron chi connectivity index (χ3n) is 4.79. The van der Waals surface area contributed by atoms with Gasteiger partial charge in [-0.15, -0.1) is 5.10 Å². The van der Waals surface area contributed by atoms with E-state index >= 15 is 0 Å². The van der Waals surface area contributed by atoms with E-state index in [2.05, 4.69) is 10.3 Å². The number of nitrogens with zero attached hydrogens (tertiary/aromatic N) is 4. The Balaban J connectivity index is 1.57. The van der Waals surface area contributed by atoms with E-state index in [0.717, 1.165) is 11.1 Å². The Morgan fingerprint density at radius 1 is 1.14 bits per heavy atom. The molecule has 0 bridgehead atoms. The summed E-state index contributed by atoms with van der Waals surface area (Å²) in [6.45, 7) is 0.450. The minimum Gasteiger partial charge on any atom is -0.480 e. The van der Waals surface area contributed by atoms with Gasteiger partial charge in [0.05, 0.1) is 12.7 Å². The Morgan fingerprint density at radius 3 is 2.68 bits per heavy atom. The summed E-state index contributed by atoms with van der Waals surface area (Å²) in [5.41, 5.74) is 2.58. The molecule has 1 aliphatic rings. The van der Waals surface area contributed by atoms with Gasteiger partial charge in [-0.1, -0.05) is 41.6 Å². The van der Waals surface area contributed by atoms with Gasteiger partial charge in [-0.05, 0) is 28.8 Å². The van der Waals surface area contributed by atoms with Crippen LogP contribution in [0.1, 0.15) is 27.2 Å². The van der Waals surface area contributed by atoms with Crippen LogP contribution in [0.4, 0.5) is 4.39 Å². The smallest absolute Gasteiger partial charge is 0.326 e. The van der Waals surface area contributed by atoms with Crippen molar-refractivity contribution in [3.05, 3.63) is 82.9 Å². The second kappa shape index (κ2) is 7.22. The predicted molar refractivity (Wildman–Crippen MR) is 97.0 cm³/mol. The molecule has 0 saturated heterocycles. The first-order chi connectivity index (χ1) is 13.5. The lowest BCUT2D eigenvalue weighted by atomic mass is 9.94. The number of hydrogen-bond donors (Lipinski definition) is 1. The molecular weight excluding hydrogens is 363 g/mol. The summed E-state index contributed by atoms with van der Waals surface area (Å²) in [7, 11) is 0. The van der Waals surface area contributed by atoms with Crippen molar-refractivity contribution in [3.63, 3.8) is 0 Å². The number of carbonyl (C=O) groups is 2. The summed E-state index contributed by atoms with van der Waals surface area (Å²) in [4.78, 5) is 26.0. The van der Waals surface area contributed by atoms with Crippen LogP contribution in [0, 0.1) is 5.82 Å². The summed E-state index contributed by atoms with van der Waals surface area (Å²) in [6.07, 6.45) is 1.70. The van der Waals surface area contributed by atoms with Gasteiger partial charge in [0.2, 0.25) is 0 Å².